The van der Waals surface area contributed by atoms with Gasteiger partial charge in [-0.15, -0.1) is 33.4 Å². The van der Waals surface area contributed by atoms with E-state index < -0.39 is 0 Å². The van der Waals surface area contributed by atoms with E-state index >= 15 is 0 Å². The van der Waals surface area contributed by atoms with E-state index in [1.54, 1.807) is 16.8 Å². The van der Waals surface area contributed by atoms with Crippen molar-refractivity contribution in [3.8, 4) is 0 Å². The molecule has 5 rings (SSSR count). The molecule has 2 aliphatic heterocycles. The van der Waals surface area contributed by atoms with Crippen molar-refractivity contribution in [1.82, 2.24) is 34.3 Å². The van der Waals surface area contributed by atoms with Gasteiger partial charge < -0.3 is 4.57 Å². The molecule has 5 heterocycles. The molecule has 0 aromatic carbocycles. The molecule has 0 radical (unpaired) electrons. The molecule has 0 fully saturated rings. The highest BCUT2D eigenvalue weighted by atomic mass is 35.5. The molecule has 0 saturated heterocycles. The molecule has 138 valence electrons. The molecule has 0 saturated carbocycles. The van der Waals surface area contributed by atoms with Crippen molar-refractivity contribution < 1.29 is 0 Å². The maximum atomic E-state index is 6.18. The second kappa shape index (κ2) is 6.81. The summed E-state index contributed by atoms with van der Waals surface area (Å²) in [5.41, 5.74) is 4.62. The predicted molar refractivity (Wildman–Crippen MR) is 110 cm³/mol. The molecule has 0 amide bonds. The molecule has 2 aliphatic rings. The van der Waals surface area contributed by atoms with Gasteiger partial charge in [-0.1, -0.05) is 0 Å². The van der Waals surface area contributed by atoms with Crippen LogP contribution in [0.5, 0.6) is 0 Å². The summed E-state index contributed by atoms with van der Waals surface area (Å²) in [6.07, 6.45) is 5.48. The third kappa shape index (κ3) is 2.96. The highest BCUT2D eigenvalue weighted by Gasteiger charge is 2.08. The van der Waals surface area contributed by atoms with Gasteiger partial charge in [0.25, 0.3) is 11.7 Å². The summed E-state index contributed by atoms with van der Waals surface area (Å²) in [6, 6.07) is 10.1. The van der Waals surface area contributed by atoms with Crippen LogP contribution in [0.2, 0.25) is 0 Å². The summed E-state index contributed by atoms with van der Waals surface area (Å²) in [5, 5.41) is 8.25. The molecule has 0 unspecified atom stereocenters. The molecule has 3 aromatic heterocycles. The lowest BCUT2D eigenvalue weighted by Crippen LogP contribution is -1.93. The Morgan fingerprint density at radius 3 is 2.21 bits per heavy atom. The number of hydrogen-bond donors (Lipinski definition) is 0. The number of aromatic nitrogens is 7. The molecule has 28 heavy (non-hydrogen) atoms. The molecule has 0 atom stereocenters. The Bertz CT molecular complexity index is 1110. The largest absolute Gasteiger partial charge is 0.327 e. The molecule has 3 aromatic rings. The lowest BCUT2D eigenvalue weighted by Gasteiger charge is -1.99. The minimum atomic E-state index is 0.140. The average Bonchev–Trinajstić information content (AvgIpc) is 3.46. The van der Waals surface area contributed by atoms with Crippen LogP contribution in [0.15, 0.2) is 35.3 Å². The average molecular weight is 411 g/mol. The third-order valence-corrected chi connectivity index (χ3v) is 4.82. The van der Waals surface area contributed by atoms with Crippen molar-refractivity contribution in [2.24, 2.45) is 4.99 Å². The van der Waals surface area contributed by atoms with Crippen LogP contribution >= 0.6 is 23.2 Å². The first-order chi connectivity index (χ1) is 13.7. The van der Waals surface area contributed by atoms with E-state index in [0.29, 0.717) is 23.1 Å². The van der Waals surface area contributed by atoms with Gasteiger partial charge in [0.2, 0.25) is 0 Å². The van der Waals surface area contributed by atoms with Crippen LogP contribution in [0.1, 0.15) is 17.1 Å². The first-order valence-corrected chi connectivity index (χ1v) is 9.44. The van der Waals surface area contributed by atoms with Gasteiger partial charge in [-0.25, -0.2) is 15.0 Å². The van der Waals surface area contributed by atoms with Crippen molar-refractivity contribution in [2.45, 2.75) is 12.0 Å². The zero-order chi connectivity index (χ0) is 19.1. The number of alkyl halides is 2. The first kappa shape index (κ1) is 17.0. The smallest absolute Gasteiger partial charge is 0.255 e. The van der Waals surface area contributed by atoms with E-state index in [9.17, 15) is 0 Å². The number of aliphatic imine (C=N–C) groups is 1. The first-order valence-electron chi connectivity index (χ1n) is 8.37. The fourth-order valence-corrected chi connectivity index (χ4v) is 3.51. The molecule has 8 bridgehead atoms. The van der Waals surface area contributed by atoms with Crippen LogP contribution in [-0.2, 0) is 12.0 Å². The van der Waals surface area contributed by atoms with E-state index in [1.165, 1.54) is 0 Å². The Morgan fingerprint density at radius 1 is 0.750 bits per heavy atom. The predicted octanol–water partition coefficient (Wildman–Crippen LogP) is 3.76. The minimum Gasteiger partial charge on any atom is -0.327 e. The number of hydrogen-bond acceptors (Lipinski definition) is 6. The second-order valence-corrected chi connectivity index (χ2v) is 6.55. The fraction of sp³-hybridized carbons (Fsp3) is 0.111. The van der Waals surface area contributed by atoms with Gasteiger partial charge in [0.05, 0.1) is 29.3 Å². The molecule has 10 heteroatoms. The monoisotopic (exact) mass is 410 g/mol. The Kier molecular flexibility index (Phi) is 4.14. The number of halogens is 2. The van der Waals surface area contributed by atoms with Gasteiger partial charge >= 0.3 is 0 Å². The van der Waals surface area contributed by atoms with Crippen LogP contribution in [0.3, 0.4) is 0 Å². The number of rotatable bonds is 2. The van der Waals surface area contributed by atoms with Gasteiger partial charge in [-0.3, -0.25) is 4.57 Å². The summed E-state index contributed by atoms with van der Waals surface area (Å²) < 4.78 is 3.62. The number of fused-ring (bicyclic) bond motifs is 8. The zero-order valence-corrected chi connectivity index (χ0v) is 15.9. The summed E-state index contributed by atoms with van der Waals surface area (Å²) in [5.74, 6) is 0.614. The van der Waals surface area contributed by atoms with Gasteiger partial charge in [0, 0.05) is 17.1 Å². The fourth-order valence-electron chi connectivity index (χ4n) is 3.00. The van der Waals surface area contributed by atoms with E-state index in [1.807, 2.05) is 41.0 Å². The summed E-state index contributed by atoms with van der Waals surface area (Å²) in [4.78, 5) is 17.6. The number of nitrogens with zero attached hydrogens (tertiary/aromatic N) is 8. The lowest BCUT2D eigenvalue weighted by atomic mass is 10.3. The summed E-state index contributed by atoms with van der Waals surface area (Å²) in [7, 11) is 0. The third-order valence-electron chi connectivity index (χ3n) is 4.34. The van der Waals surface area contributed by atoms with Crippen molar-refractivity contribution in [2.75, 3.05) is 0 Å². The molecular formula is C18H12Cl2N8. The Morgan fingerprint density at radius 2 is 1.46 bits per heavy atom. The zero-order valence-electron chi connectivity index (χ0n) is 14.4. The highest BCUT2D eigenvalue weighted by molar-refractivity contribution is 6.16. The maximum Gasteiger partial charge on any atom is 0.255 e. The van der Waals surface area contributed by atoms with Crippen molar-refractivity contribution >= 4 is 70.0 Å². The Labute approximate surface area is 168 Å². The van der Waals surface area contributed by atoms with Gasteiger partial charge in [-0.05, 0) is 36.4 Å². The van der Waals surface area contributed by atoms with Crippen molar-refractivity contribution in [1.29, 1.82) is 0 Å². The van der Waals surface area contributed by atoms with Crippen LogP contribution in [-0.4, -0.2) is 40.5 Å². The van der Waals surface area contributed by atoms with Crippen molar-refractivity contribution in [3.05, 3.63) is 47.4 Å². The summed E-state index contributed by atoms with van der Waals surface area (Å²) in [6.45, 7) is 0. The van der Waals surface area contributed by atoms with E-state index in [0.717, 1.165) is 22.4 Å². The Balaban J connectivity index is 1.90. The summed E-state index contributed by atoms with van der Waals surface area (Å²) >= 11 is 12.3. The van der Waals surface area contributed by atoms with Gasteiger partial charge in [0.15, 0.2) is 5.65 Å². The van der Waals surface area contributed by atoms with Gasteiger partial charge in [-0.2, -0.15) is 4.98 Å². The SMILES string of the molecule is ClCn1c2ccc1cc1nc(nc3nnc(cc4nc(c2)C=C4)n3CCl)N=C1. The van der Waals surface area contributed by atoms with Crippen LogP contribution in [0, 0.1) is 0 Å². The normalized spacial score (nSPS) is 12.6. The highest BCUT2D eigenvalue weighted by Crippen LogP contribution is 2.18. The van der Waals surface area contributed by atoms with Gasteiger partial charge in [0.1, 0.15) is 6.00 Å². The van der Waals surface area contributed by atoms with Crippen LogP contribution in [0.4, 0.5) is 5.95 Å². The molecule has 0 N–H and O–H groups in total. The maximum absolute atomic E-state index is 6.18. The molecule has 0 spiro atoms. The minimum absolute atomic E-state index is 0.140. The standard InChI is InChI=1S/C18H12Cl2N8/c19-9-27-14-3-4-15(27)6-13-8-21-17(23-13)24-18-26-25-16(28(18)10-20)7-12-2-1-11(5-14)22-12/h1-8H,9-10H2. The van der Waals surface area contributed by atoms with E-state index in [4.69, 9.17) is 23.2 Å². The van der Waals surface area contributed by atoms with Crippen LogP contribution < -0.4 is 0 Å². The topological polar surface area (TPSA) is 86.7 Å². The van der Waals surface area contributed by atoms with E-state index in [2.05, 4.69) is 30.1 Å². The van der Waals surface area contributed by atoms with E-state index in [-0.39, 0.29) is 12.0 Å². The second-order valence-electron chi connectivity index (χ2n) is 6.07. The van der Waals surface area contributed by atoms with Crippen LogP contribution in [0.25, 0.3) is 34.6 Å². The molecule has 0 aliphatic carbocycles. The Hall–Kier alpha value is -3.10. The molecule has 8 nitrogen and oxygen atoms in total. The quantitative estimate of drug-likeness (QED) is 0.413. The van der Waals surface area contributed by atoms with Crippen molar-refractivity contribution in [3.63, 3.8) is 0 Å². The molecular weight excluding hydrogens is 399 g/mol. The lowest BCUT2D eigenvalue weighted by molar-refractivity contribution is 0.934.